The summed E-state index contributed by atoms with van der Waals surface area (Å²) in [6.07, 6.45) is -0.621. The molecule has 32 heavy (non-hydrogen) atoms. The second-order valence-corrected chi connectivity index (χ2v) is 7.32. The fourth-order valence-corrected chi connectivity index (χ4v) is 3.35. The maximum atomic E-state index is 12.5. The standard InChI is InChI=1S/C25H23NO6/c27-22(21(15-24(29)30)26-23(28)13-17-7-2-1-3-8-17)16-32-25(31)14-19-11-6-10-18-9-4-5-12-20(18)19/h1-12,21H,13-16H2,(H,26,28)(H,29,30). The Morgan fingerprint density at radius 2 is 1.53 bits per heavy atom. The minimum absolute atomic E-state index is 0.00507. The molecule has 1 atom stereocenters. The molecule has 7 heteroatoms. The normalized spacial score (nSPS) is 11.5. The predicted octanol–water partition coefficient (Wildman–Crippen LogP) is 2.70. The van der Waals surface area contributed by atoms with Crippen molar-refractivity contribution in [2.24, 2.45) is 0 Å². The van der Waals surface area contributed by atoms with Gasteiger partial charge in [-0.05, 0) is 21.9 Å². The molecule has 0 aliphatic carbocycles. The highest BCUT2D eigenvalue weighted by atomic mass is 16.5. The van der Waals surface area contributed by atoms with E-state index in [4.69, 9.17) is 9.84 Å². The first-order chi connectivity index (χ1) is 15.4. The van der Waals surface area contributed by atoms with Crippen molar-refractivity contribution in [3.05, 3.63) is 83.9 Å². The summed E-state index contributed by atoms with van der Waals surface area (Å²) in [4.78, 5) is 48.2. The van der Waals surface area contributed by atoms with E-state index in [1.54, 1.807) is 24.3 Å². The Hall–Kier alpha value is -4.00. The molecular formula is C25H23NO6. The first kappa shape index (κ1) is 22.7. The molecule has 7 nitrogen and oxygen atoms in total. The smallest absolute Gasteiger partial charge is 0.310 e. The zero-order valence-electron chi connectivity index (χ0n) is 17.3. The number of esters is 1. The van der Waals surface area contributed by atoms with Gasteiger partial charge in [0, 0.05) is 0 Å². The Kier molecular flexibility index (Phi) is 7.70. The van der Waals surface area contributed by atoms with Gasteiger partial charge in [-0.3, -0.25) is 19.2 Å². The van der Waals surface area contributed by atoms with Crippen LogP contribution in [-0.2, 0) is 36.8 Å². The lowest BCUT2D eigenvalue weighted by molar-refractivity contribution is -0.148. The van der Waals surface area contributed by atoms with Crippen LogP contribution in [0.5, 0.6) is 0 Å². The van der Waals surface area contributed by atoms with Crippen LogP contribution in [-0.4, -0.2) is 41.4 Å². The van der Waals surface area contributed by atoms with Gasteiger partial charge in [-0.1, -0.05) is 72.8 Å². The largest absolute Gasteiger partial charge is 0.481 e. The number of hydrogen-bond donors (Lipinski definition) is 2. The molecule has 0 fully saturated rings. The number of hydrogen-bond acceptors (Lipinski definition) is 5. The maximum Gasteiger partial charge on any atom is 0.310 e. The SMILES string of the molecule is O=C(O)CC(NC(=O)Cc1ccccc1)C(=O)COC(=O)Cc1cccc2ccccc12. The molecule has 1 amide bonds. The van der Waals surface area contributed by atoms with E-state index < -0.39 is 42.7 Å². The molecule has 0 aliphatic rings. The summed E-state index contributed by atoms with van der Waals surface area (Å²) in [7, 11) is 0. The summed E-state index contributed by atoms with van der Waals surface area (Å²) in [6.45, 7) is -0.618. The van der Waals surface area contributed by atoms with E-state index in [2.05, 4.69) is 5.32 Å². The summed E-state index contributed by atoms with van der Waals surface area (Å²) >= 11 is 0. The number of benzene rings is 3. The highest BCUT2D eigenvalue weighted by Crippen LogP contribution is 2.19. The lowest BCUT2D eigenvalue weighted by Crippen LogP contribution is -2.44. The number of carboxylic acids is 1. The lowest BCUT2D eigenvalue weighted by Gasteiger charge is -2.16. The molecule has 3 aromatic rings. The molecular weight excluding hydrogens is 410 g/mol. The number of ketones is 1. The number of carbonyl (C=O) groups excluding carboxylic acids is 3. The van der Waals surface area contributed by atoms with Crippen molar-refractivity contribution in [1.29, 1.82) is 0 Å². The number of carbonyl (C=O) groups is 4. The molecule has 3 aromatic carbocycles. The first-order valence-electron chi connectivity index (χ1n) is 10.1. The second kappa shape index (κ2) is 10.9. The van der Waals surface area contributed by atoms with Crippen LogP contribution in [0.15, 0.2) is 72.8 Å². The summed E-state index contributed by atoms with van der Waals surface area (Å²) in [5, 5.41) is 13.4. The average Bonchev–Trinajstić information content (AvgIpc) is 2.77. The molecule has 0 radical (unpaired) electrons. The van der Waals surface area contributed by atoms with Crippen LogP contribution in [0.4, 0.5) is 0 Å². The lowest BCUT2D eigenvalue weighted by atomic mass is 10.0. The zero-order valence-corrected chi connectivity index (χ0v) is 17.3. The number of aliphatic carboxylic acids is 1. The summed E-state index contributed by atoms with van der Waals surface area (Å²) in [6, 6.07) is 20.8. The predicted molar refractivity (Wildman–Crippen MR) is 118 cm³/mol. The van der Waals surface area contributed by atoms with Crippen molar-refractivity contribution in [3.63, 3.8) is 0 Å². The van der Waals surface area contributed by atoms with Crippen molar-refractivity contribution >= 4 is 34.4 Å². The number of nitrogens with one attached hydrogen (secondary N) is 1. The van der Waals surface area contributed by atoms with Crippen molar-refractivity contribution in [3.8, 4) is 0 Å². The molecule has 0 aliphatic heterocycles. The number of ether oxygens (including phenoxy) is 1. The molecule has 1 unspecified atom stereocenters. The van der Waals surface area contributed by atoms with Gasteiger partial charge in [0.25, 0.3) is 0 Å². The van der Waals surface area contributed by atoms with E-state index in [-0.39, 0.29) is 12.8 Å². The van der Waals surface area contributed by atoms with Gasteiger partial charge in [0.1, 0.15) is 6.04 Å². The van der Waals surface area contributed by atoms with E-state index in [1.165, 1.54) is 0 Å². The number of Topliss-reactive ketones (excluding diaryl/α,β-unsaturated/α-hetero) is 1. The number of amides is 1. The Morgan fingerprint density at radius 3 is 2.28 bits per heavy atom. The molecule has 0 heterocycles. The van der Waals surface area contributed by atoms with Gasteiger partial charge < -0.3 is 15.2 Å². The van der Waals surface area contributed by atoms with E-state index in [0.29, 0.717) is 0 Å². The summed E-state index contributed by atoms with van der Waals surface area (Å²) < 4.78 is 5.09. The third-order valence-corrected chi connectivity index (χ3v) is 4.90. The second-order valence-electron chi connectivity index (χ2n) is 7.32. The van der Waals surface area contributed by atoms with Crippen molar-refractivity contribution in [2.75, 3.05) is 6.61 Å². The van der Waals surface area contributed by atoms with Crippen LogP contribution >= 0.6 is 0 Å². The van der Waals surface area contributed by atoms with Crippen LogP contribution in [0.3, 0.4) is 0 Å². The minimum Gasteiger partial charge on any atom is -0.481 e. The highest BCUT2D eigenvalue weighted by Gasteiger charge is 2.25. The van der Waals surface area contributed by atoms with Crippen LogP contribution in [0.2, 0.25) is 0 Å². The fraction of sp³-hybridized carbons (Fsp3) is 0.200. The molecule has 0 saturated heterocycles. The molecule has 0 bridgehead atoms. The minimum atomic E-state index is -1.28. The number of rotatable bonds is 10. The zero-order chi connectivity index (χ0) is 22.9. The average molecular weight is 433 g/mol. The van der Waals surface area contributed by atoms with E-state index in [1.807, 2.05) is 48.5 Å². The third kappa shape index (κ3) is 6.50. The van der Waals surface area contributed by atoms with Gasteiger partial charge in [0.05, 0.1) is 19.3 Å². The quantitative estimate of drug-likeness (QED) is 0.476. The van der Waals surface area contributed by atoms with Gasteiger partial charge in [-0.25, -0.2) is 0 Å². The molecule has 0 saturated carbocycles. The highest BCUT2D eigenvalue weighted by molar-refractivity contribution is 5.94. The van der Waals surface area contributed by atoms with E-state index >= 15 is 0 Å². The molecule has 0 aromatic heterocycles. The van der Waals surface area contributed by atoms with Gasteiger partial charge >= 0.3 is 11.9 Å². The number of carboxylic acid groups (broad SMARTS) is 1. The first-order valence-corrected chi connectivity index (χ1v) is 10.1. The van der Waals surface area contributed by atoms with Crippen LogP contribution in [0.25, 0.3) is 10.8 Å². The van der Waals surface area contributed by atoms with Crippen molar-refractivity contribution < 1.29 is 29.0 Å². The molecule has 3 rings (SSSR count). The van der Waals surface area contributed by atoms with Gasteiger partial charge in [0.2, 0.25) is 5.91 Å². The molecule has 0 spiro atoms. The number of fused-ring (bicyclic) bond motifs is 1. The topological polar surface area (TPSA) is 110 Å². The Labute approximate surface area is 185 Å². The van der Waals surface area contributed by atoms with Crippen LogP contribution in [0.1, 0.15) is 17.5 Å². The maximum absolute atomic E-state index is 12.5. The van der Waals surface area contributed by atoms with E-state index in [0.717, 1.165) is 21.9 Å². The van der Waals surface area contributed by atoms with Crippen molar-refractivity contribution in [1.82, 2.24) is 5.32 Å². The van der Waals surface area contributed by atoms with Gasteiger partial charge in [0.15, 0.2) is 12.4 Å². The van der Waals surface area contributed by atoms with Crippen molar-refractivity contribution in [2.45, 2.75) is 25.3 Å². The molecule has 2 N–H and O–H groups in total. The van der Waals surface area contributed by atoms with Crippen LogP contribution in [0, 0.1) is 0 Å². The fourth-order valence-electron chi connectivity index (χ4n) is 3.35. The summed E-state index contributed by atoms with van der Waals surface area (Å²) in [5.74, 6) is -3.03. The summed E-state index contributed by atoms with van der Waals surface area (Å²) in [5.41, 5.74) is 1.49. The van der Waals surface area contributed by atoms with Gasteiger partial charge in [-0.2, -0.15) is 0 Å². The van der Waals surface area contributed by atoms with Crippen LogP contribution < -0.4 is 5.32 Å². The Morgan fingerprint density at radius 1 is 0.844 bits per heavy atom. The Balaban J connectivity index is 1.57. The molecule has 164 valence electrons. The van der Waals surface area contributed by atoms with Gasteiger partial charge in [-0.15, -0.1) is 0 Å². The van der Waals surface area contributed by atoms with E-state index in [9.17, 15) is 19.2 Å². The third-order valence-electron chi connectivity index (χ3n) is 4.90. The monoisotopic (exact) mass is 433 g/mol. The Bertz CT molecular complexity index is 1120.